The molecule has 0 spiro atoms. The molecule has 3 aliphatic rings. The molecule has 1 saturated carbocycles. The number of H-pyrrole nitrogens is 1. The number of rotatable bonds is 5. The fraction of sp³-hybridized carbons (Fsp3) is 0.700. The third kappa shape index (κ3) is 5.10. The topological polar surface area (TPSA) is 82.6 Å². The van der Waals surface area contributed by atoms with E-state index >= 15 is 0 Å². The van der Waals surface area contributed by atoms with Gasteiger partial charge in [-0.25, -0.2) is 4.79 Å². The van der Waals surface area contributed by atoms with E-state index < -0.39 is 23.2 Å². The Morgan fingerprint density at radius 2 is 2.23 bits per heavy atom. The molecule has 1 N–H and O–H groups in total. The number of aromatic amines is 1. The van der Waals surface area contributed by atoms with Crippen LogP contribution in [0.3, 0.4) is 0 Å². The van der Waals surface area contributed by atoms with Crippen LogP contribution < -0.4 is 11.2 Å². The van der Waals surface area contributed by atoms with Crippen molar-refractivity contribution in [2.24, 2.45) is 5.92 Å². The number of allylic oxidation sites excluding steroid dienone is 1. The van der Waals surface area contributed by atoms with Crippen molar-refractivity contribution in [2.75, 3.05) is 0 Å². The molecule has 1 aromatic heterocycles. The van der Waals surface area contributed by atoms with E-state index in [4.69, 9.17) is 25.6 Å². The molecule has 31 heavy (non-hydrogen) atoms. The Labute approximate surface area is 198 Å². The minimum absolute atomic E-state index is 0. The van der Waals surface area contributed by atoms with E-state index in [2.05, 4.69) is 25.4 Å². The fourth-order valence-corrected chi connectivity index (χ4v) is 12.2. The molecule has 2 saturated heterocycles. The van der Waals surface area contributed by atoms with Crippen molar-refractivity contribution in [3.8, 4) is 0 Å². The summed E-state index contributed by atoms with van der Waals surface area (Å²) < 4.78 is 20.4. The van der Waals surface area contributed by atoms with E-state index in [0.717, 1.165) is 25.7 Å². The maximum absolute atomic E-state index is 12.2. The molecule has 2 aliphatic heterocycles. The number of aromatic nitrogens is 2. The zero-order chi connectivity index (χ0) is 21.7. The molecule has 7 atom stereocenters. The first-order chi connectivity index (χ1) is 14.1. The standard InChI is InChI=1S/C20H29N2O5PS2.H2S/c1-5-14-15(11-18(25-14)22-9-7-17(23)21-19(22)24)26-28(29)27-16-10-13(12(2)3)6-8-20(16,4)30-28;/h7,9,13-16,18H,2,5-6,8,10-11H2,1,3-4H3,(H,21,23,24);1H2/t13-,14-,15+,16+,18-,20+,28+;/m1./s1. The van der Waals surface area contributed by atoms with Crippen molar-refractivity contribution in [2.45, 2.75) is 82.2 Å². The molecule has 1 aliphatic carbocycles. The second-order valence-corrected chi connectivity index (χ2v) is 15.3. The lowest BCUT2D eigenvalue weighted by Crippen LogP contribution is -2.39. The number of hydrogen-bond acceptors (Lipinski definition) is 7. The van der Waals surface area contributed by atoms with E-state index in [1.807, 2.05) is 6.92 Å². The lowest BCUT2D eigenvalue weighted by Gasteiger charge is -2.37. The molecule has 11 heteroatoms. The first-order valence-electron chi connectivity index (χ1n) is 10.4. The maximum atomic E-state index is 12.2. The van der Waals surface area contributed by atoms with Gasteiger partial charge in [0.1, 0.15) is 6.23 Å². The average Bonchev–Trinajstić information content (AvgIpc) is 3.17. The highest BCUT2D eigenvalue weighted by Crippen LogP contribution is 2.76. The summed E-state index contributed by atoms with van der Waals surface area (Å²) in [6.45, 7) is 10.5. The van der Waals surface area contributed by atoms with Crippen LogP contribution in [0.1, 0.15) is 59.1 Å². The number of nitrogens with zero attached hydrogens (tertiary/aromatic N) is 1. The summed E-state index contributed by atoms with van der Waals surface area (Å²) in [7, 11) is 0. The van der Waals surface area contributed by atoms with Crippen LogP contribution in [0.15, 0.2) is 34.0 Å². The third-order valence-corrected chi connectivity index (χ3v) is 12.2. The van der Waals surface area contributed by atoms with Gasteiger partial charge in [0.15, 0.2) is 0 Å². The molecule has 0 radical (unpaired) electrons. The monoisotopic (exact) mass is 506 g/mol. The Balaban J connectivity index is 0.00000272. The molecule has 0 unspecified atom stereocenters. The highest BCUT2D eigenvalue weighted by molar-refractivity contribution is 8.68. The summed E-state index contributed by atoms with van der Waals surface area (Å²) in [6, 6.07) is 1.32. The fourth-order valence-electron chi connectivity index (χ4n) is 4.60. The Hall–Kier alpha value is -0.350. The zero-order valence-corrected chi connectivity index (χ0v) is 21.6. The summed E-state index contributed by atoms with van der Waals surface area (Å²) in [5, 5.41) is 0. The number of fused-ring (bicyclic) bond motifs is 1. The van der Waals surface area contributed by atoms with Gasteiger partial charge in [-0.05, 0) is 57.3 Å². The van der Waals surface area contributed by atoms with Gasteiger partial charge in [-0.2, -0.15) is 13.5 Å². The van der Waals surface area contributed by atoms with Gasteiger partial charge in [0.05, 0.1) is 18.3 Å². The van der Waals surface area contributed by atoms with E-state index in [-0.39, 0.29) is 36.6 Å². The molecule has 7 nitrogen and oxygen atoms in total. The highest BCUT2D eigenvalue weighted by Gasteiger charge is 2.54. The van der Waals surface area contributed by atoms with Gasteiger partial charge in [-0.3, -0.25) is 14.3 Å². The molecule has 0 bridgehead atoms. The molecule has 0 aromatic carbocycles. The van der Waals surface area contributed by atoms with Crippen molar-refractivity contribution in [3.63, 3.8) is 0 Å². The Morgan fingerprint density at radius 1 is 1.48 bits per heavy atom. The minimum atomic E-state index is -2.54. The summed E-state index contributed by atoms with van der Waals surface area (Å²) in [5.74, 6) is 0.472. The molecule has 3 heterocycles. The molecule has 0 amide bonds. The van der Waals surface area contributed by atoms with Crippen molar-refractivity contribution in [1.82, 2.24) is 9.55 Å². The van der Waals surface area contributed by atoms with Gasteiger partial charge < -0.3 is 13.8 Å². The molecule has 3 fully saturated rings. The van der Waals surface area contributed by atoms with Gasteiger partial charge in [-0.15, -0.1) is 0 Å². The van der Waals surface area contributed by atoms with E-state index in [1.54, 1.807) is 11.4 Å². The van der Waals surface area contributed by atoms with Gasteiger partial charge in [0, 0.05) is 23.4 Å². The van der Waals surface area contributed by atoms with E-state index in [1.165, 1.54) is 22.4 Å². The third-order valence-electron chi connectivity index (χ3n) is 6.45. The number of nitrogens with one attached hydrogen (secondary N) is 1. The first kappa shape index (κ1) is 25.3. The van der Waals surface area contributed by atoms with Gasteiger partial charge in [-0.1, -0.05) is 30.5 Å². The molecular formula is C20H31N2O5PS3. The van der Waals surface area contributed by atoms with Gasteiger partial charge in [0.2, 0.25) is 5.69 Å². The van der Waals surface area contributed by atoms with Crippen LogP contribution in [-0.2, 0) is 25.6 Å². The Kier molecular flexibility index (Phi) is 7.74. The predicted octanol–water partition coefficient (Wildman–Crippen LogP) is 4.22. The SMILES string of the molecule is C=C(C)[C@@H]1CC[C@]2(C)S[P@@](=S)(O[C@H]3C[C@H](n4ccc(=O)[nH]c4=O)O[C@@H]3CC)O[C@H]2C1.S. The average molecular weight is 507 g/mol. The Bertz CT molecular complexity index is 998. The normalized spacial score (nSPS) is 39.6. The Morgan fingerprint density at radius 3 is 2.87 bits per heavy atom. The molecule has 174 valence electrons. The summed E-state index contributed by atoms with van der Waals surface area (Å²) >= 11 is 7.62. The number of ether oxygens (including phenoxy) is 1. The van der Waals surface area contributed by atoms with Crippen LogP contribution in [0, 0.1) is 5.92 Å². The zero-order valence-electron chi connectivity index (χ0n) is 18.0. The number of hydrogen-bond donors (Lipinski definition) is 1. The summed E-state index contributed by atoms with van der Waals surface area (Å²) in [5.41, 5.74) is -2.25. The smallest absolute Gasteiger partial charge is 0.330 e. The maximum Gasteiger partial charge on any atom is 0.330 e. The van der Waals surface area contributed by atoms with E-state index in [9.17, 15) is 9.59 Å². The first-order valence-corrected chi connectivity index (χ1v) is 14.5. The van der Waals surface area contributed by atoms with E-state index in [0.29, 0.717) is 12.3 Å². The van der Waals surface area contributed by atoms with Gasteiger partial charge >= 0.3 is 5.69 Å². The van der Waals surface area contributed by atoms with Crippen LogP contribution in [0.25, 0.3) is 0 Å². The van der Waals surface area contributed by atoms with Crippen molar-refractivity contribution < 1.29 is 13.8 Å². The van der Waals surface area contributed by atoms with Crippen LogP contribution >= 0.6 is 30.6 Å². The molecule has 1 aromatic rings. The van der Waals surface area contributed by atoms with Crippen LogP contribution in [-0.4, -0.2) is 32.6 Å². The lowest BCUT2D eigenvalue weighted by atomic mass is 9.77. The second-order valence-electron chi connectivity index (χ2n) is 8.70. The predicted molar refractivity (Wildman–Crippen MR) is 133 cm³/mol. The second kappa shape index (κ2) is 9.49. The van der Waals surface area contributed by atoms with Gasteiger partial charge in [0.25, 0.3) is 5.56 Å². The summed E-state index contributed by atoms with van der Waals surface area (Å²) in [4.78, 5) is 25.8. The quantitative estimate of drug-likeness (QED) is 0.473. The van der Waals surface area contributed by atoms with Crippen molar-refractivity contribution >= 4 is 42.4 Å². The molecular weight excluding hydrogens is 475 g/mol. The van der Waals surface area contributed by atoms with Crippen molar-refractivity contribution in [3.05, 3.63) is 45.3 Å². The van der Waals surface area contributed by atoms with Crippen LogP contribution in [0.2, 0.25) is 0 Å². The summed E-state index contributed by atoms with van der Waals surface area (Å²) in [6.07, 6.45) is 4.91. The lowest BCUT2D eigenvalue weighted by molar-refractivity contribution is -0.0187. The minimum Gasteiger partial charge on any atom is -0.352 e. The van der Waals surface area contributed by atoms with Crippen molar-refractivity contribution in [1.29, 1.82) is 0 Å². The van der Waals surface area contributed by atoms with Crippen LogP contribution in [0.5, 0.6) is 0 Å². The highest BCUT2D eigenvalue weighted by atomic mass is 32.9. The van der Waals surface area contributed by atoms with Crippen LogP contribution in [0.4, 0.5) is 0 Å². The largest absolute Gasteiger partial charge is 0.352 e. The molecule has 4 rings (SSSR count).